The number of hydrogen-bond acceptors (Lipinski definition) is 5. The van der Waals surface area contributed by atoms with Gasteiger partial charge in [-0.1, -0.05) is 41.7 Å². The largest absolute Gasteiger partial charge is 0.491 e. The molecule has 0 amide bonds. The zero-order valence-electron chi connectivity index (χ0n) is 17.3. The Morgan fingerprint density at radius 1 is 1.19 bits per heavy atom. The van der Waals surface area contributed by atoms with E-state index >= 15 is 0 Å². The monoisotopic (exact) mass is 518 g/mol. The zero-order valence-corrected chi connectivity index (χ0v) is 20.4. The molecule has 2 atom stereocenters. The minimum absolute atomic E-state index is 0.0544. The van der Waals surface area contributed by atoms with Gasteiger partial charge in [-0.3, -0.25) is 9.78 Å². The quantitative estimate of drug-likeness (QED) is 0.427. The molecule has 0 aliphatic carbocycles. The van der Waals surface area contributed by atoms with Crippen LogP contribution in [-0.4, -0.2) is 42.4 Å². The average Bonchev–Trinajstić information content (AvgIpc) is 2.69. The summed E-state index contributed by atoms with van der Waals surface area (Å²) in [7, 11) is 0. The van der Waals surface area contributed by atoms with Crippen LogP contribution in [0.25, 0.3) is 16.6 Å². The van der Waals surface area contributed by atoms with E-state index in [9.17, 15) is 13.6 Å². The second-order valence-corrected chi connectivity index (χ2v) is 9.56. The van der Waals surface area contributed by atoms with Crippen LogP contribution in [0.2, 0.25) is 15.1 Å². The average molecular weight is 520 g/mol. The van der Waals surface area contributed by atoms with E-state index < -0.39 is 11.1 Å². The van der Waals surface area contributed by atoms with Crippen LogP contribution in [0, 0.1) is 12.8 Å². The predicted molar refractivity (Wildman–Crippen MR) is 128 cm³/mol. The third-order valence-corrected chi connectivity index (χ3v) is 6.50. The summed E-state index contributed by atoms with van der Waals surface area (Å²) >= 11 is 17.6. The van der Waals surface area contributed by atoms with Crippen LogP contribution in [0.15, 0.2) is 29.2 Å². The van der Waals surface area contributed by atoms with Crippen LogP contribution >= 0.6 is 34.8 Å². The number of benzene rings is 1. The lowest BCUT2D eigenvalue weighted by Gasteiger charge is -2.20. The second-order valence-electron chi connectivity index (χ2n) is 7.37. The molecule has 0 saturated heterocycles. The van der Waals surface area contributed by atoms with Crippen LogP contribution in [0.3, 0.4) is 0 Å². The van der Waals surface area contributed by atoms with Crippen molar-refractivity contribution in [3.63, 3.8) is 0 Å². The van der Waals surface area contributed by atoms with E-state index in [0.717, 1.165) is 0 Å². The van der Waals surface area contributed by atoms with Gasteiger partial charge in [-0.25, -0.2) is 4.21 Å². The van der Waals surface area contributed by atoms with Gasteiger partial charge in [0, 0.05) is 30.1 Å². The van der Waals surface area contributed by atoms with Crippen molar-refractivity contribution < 1.29 is 18.6 Å². The standard InChI is InChI=1S/C21H21Cl3N2O5S/c1-11(10-32(29)30)5-17-19-18(28)6-12(2)26(21(19)16(24)9-25-17)20-14(22)7-13(8-15(20)23)31-4-3-27/h6-9,11,27H,3-5,10H2,1-2H3,(H,29,30). The van der Waals surface area contributed by atoms with E-state index in [1.165, 1.54) is 12.3 Å². The van der Waals surface area contributed by atoms with E-state index in [1.807, 2.05) is 6.92 Å². The fourth-order valence-corrected chi connectivity index (χ4v) is 5.04. The zero-order chi connectivity index (χ0) is 23.6. The molecule has 172 valence electrons. The molecule has 2 aromatic heterocycles. The first-order chi connectivity index (χ1) is 15.1. The van der Waals surface area contributed by atoms with Crippen molar-refractivity contribution in [2.45, 2.75) is 20.3 Å². The van der Waals surface area contributed by atoms with E-state index in [1.54, 1.807) is 23.6 Å². The fraction of sp³-hybridized carbons (Fsp3) is 0.333. The van der Waals surface area contributed by atoms with Crippen molar-refractivity contribution in [1.29, 1.82) is 0 Å². The van der Waals surface area contributed by atoms with Gasteiger partial charge in [-0.2, -0.15) is 0 Å². The van der Waals surface area contributed by atoms with Gasteiger partial charge < -0.3 is 19.0 Å². The molecular formula is C21H21Cl3N2O5S. The van der Waals surface area contributed by atoms with E-state index in [0.29, 0.717) is 40.1 Å². The van der Waals surface area contributed by atoms with Crippen molar-refractivity contribution in [3.8, 4) is 11.4 Å². The van der Waals surface area contributed by atoms with Gasteiger partial charge in [0.1, 0.15) is 12.4 Å². The number of aliphatic hydroxyl groups is 1. The molecule has 0 aliphatic rings. The normalized spacial score (nSPS) is 13.3. The number of pyridine rings is 2. The molecule has 2 heterocycles. The Kier molecular flexibility index (Phi) is 8.19. The van der Waals surface area contributed by atoms with Gasteiger partial charge in [0.2, 0.25) is 0 Å². The topological polar surface area (TPSA) is 102 Å². The molecule has 0 bridgehead atoms. The molecule has 2 N–H and O–H groups in total. The first-order valence-corrected chi connectivity index (χ1v) is 12.0. The third kappa shape index (κ3) is 5.27. The maximum Gasteiger partial charge on any atom is 0.191 e. The van der Waals surface area contributed by atoms with Gasteiger partial charge in [0.25, 0.3) is 0 Å². The molecule has 0 aliphatic heterocycles. The Balaban J connectivity index is 2.27. The van der Waals surface area contributed by atoms with Gasteiger partial charge in [0.15, 0.2) is 16.5 Å². The summed E-state index contributed by atoms with van der Waals surface area (Å²) in [6, 6.07) is 4.58. The number of aryl methyl sites for hydroxylation is 1. The maximum absolute atomic E-state index is 13.0. The number of halogens is 3. The molecule has 32 heavy (non-hydrogen) atoms. The van der Waals surface area contributed by atoms with Crippen molar-refractivity contribution in [2.24, 2.45) is 5.92 Å². The molecule has 2 unspecified atom stereocenters. The highest BCUT2D eigenvalue weighted by Crippen LogP contribution is 2.37. The van der Waals surface area contributed by atoms with Crippen LogP contribution in [0.1, 0.15) is 18.3 Å². The number of rotatable bonds is 8. The highest BCUT2D eigenvalue weighted by atomic mass is 35.5. The van der Waals surface area contributed by atoms with Crippen molar-refractivity contribution in [1.82, 2.24) is 9.55 Å². The first-order valence-electron chi connectivity index (χ1n) is 9.64. The Morgan fingerprint density at radius 2 is 1.84 bits per heavy atom. The smallest absolute Gasteiger partial charge is 0.191 e. The molecule has 0 spiro atoms. The second kappa shape index (κ2) is 10.5. The highest BCUT2D eigenvalue weighted by Gasteiger charge is 2.21. The Morgan fingerprint density at radius 3 is 2.44 bits per heavy atom. The molecule has 0 saturated carbocycles. The number of ether oxygens (including phenoxy) is 1. The third-order valence-electron chi connectivity index (χ3n) is 4.79. The number of aliphatic hydroxyl groups excluding tert-OH is 1. The summed E-state index contributed by atoms with van der Waals surface area (Å²) < 4.78 is 27.5. The van der Waals surface area contributed by atoms with Crippen LogP contribution in [0.4, 0.5) is 0 Å². The van der Waals surface area contributed by atoms with Gasteiger partial charge in [-0.15, -0.1) is 0 Å². The summed E-state index contributed by atoms with van der Waals surface area (Å²) in [6.45, 7) is 3.47. The molecule has 3 rings (SSSR count). The summed E-state index contributed by atoms with van der Waals surface area (Å²) in [5.74, 6) is 0.251. The van der Waals surface area contributed by atoms with Crippen LogP contribution < -0.4 is 10.2 Å². The molecule has 3 aromatic rings. The molecule has 1 aromatic carbocycles. The van der Waals surface area contributed by atoms with E-state index in [2.05, 4.69) is 4.98 Å². The lowest BCUT2D eigenvalue weighted by molar-refractivity contribution is 0.201. The summed E-state index contributed by atoms with van der Waals surface area (Å²) in [5.41, 5.74) is 1.56. The van der Waals surface area contributed by atoms with Gasteiger partial charge >= 0.3 is 0 Å². The van der Waals surface area contributed by atoms with Crippen molar-refractivity contribution in [2.75, 3.05) is 19.0 Å². The Bertz CT molecular complexity index is 1230. The minimum atomic E-state index is -1.96. The summed E-state index contributed by atoms with van der Waals surface area (Å²) in [4.78, 5) is 17.3. The molecule has 0 fully saturated rings. The highest BCUT2D eigenvalue weighted by molar-refractivity contribution is 7.79. The van der Waals surface area contributed by atoms with E-state index in [4.69, 9.17) is 44.6 Å². The summed E-state index contributed by atoms with van der Waals surface area (Å²) in [5, 5.41) is 10.0. The van der Waals surface area contributed by atoms with Gasteiger partial charge in [0.05, 0.1) is 49.7 Å². The molecule has 11 heteroatoms. The number of hydrogen-bond donors (Lipinski definition) is 2. The minimum Gasteiger partial charge on any atom is -0.491 e. The fourth-order valence-electron chi connectivity index (χ4n) is 3.57. The van der Waals surface area contributed by atoms with E-state index in [-0.39, 0.29) is 45.4 Å². The van der Waals surface area contributed by atoms with Crippen molar-refractivity contribution >= 4 is 56.8 Å². The molecular weight excluding hydrogens is 499 g/mol. The SMILES string of the molecule is Cc1cc(=O)c2c(CC(C)CS(=O)O)ncc(Cl)c2n1-c1c(Cl)cc(OCCO)cc1Cl. The lowest BCUT2D eigenvalue weighted by Crippen LogP contribution is -2.17. The van der Waals surface area contributed by atoms with Crippen molar-refractivity contribution in [3.05, 3.63) is 61.1 Å². The number of aromatic nitrogens is 2. The number of nitrogens with zero attached hydrogens (tertiary/aromatic N) is 2. The van der Waals surface area contributed by atoms with Gasteiger partial charge in [-0.05, 0) is 19.3 Å². The Labute approximate surface area is 202 Å². The predicted octanol–water partition coefficient (Wildman–Crippen LogP) is 4.43. The van der Waals surface area contributed by atoms with Crippen LogP contribution in [-0.2, 0) is 17.5 Å². The summed E-state index contributed by atoms with van der Waals surface area (Å²) in [6.07, 6.45) is 1.76. The molecule has 7 nitrogen and oxygen atoms in total. The first kappa shape index (κ1) is 25.0. The lowest BCUT2D eigenvalue weighted by atomic mass is 10.0. The molecule has 0 radical (unpaired) electrons. The number of fused-ring (bicyclic) bond motifs is 1. The van der Waals surface area contributed by atoms with Crippen LogP contribution in [0.5, 0.6) is 5.75 Å². The maximum atomic E-state index is 13.0. The Hall–Kier alpha value is -1.68.